The van der Waals surface area contributed by atoms with E-state index in [0.29, 0.717) is 0 Å². The van der Waals surface area contributed by atoms with E-state index in [0.717, 1.165) is 0 Å². The summed E-state index contributed by atoms with van der Waals surface area (Å²) in [5.41, 5.74) is 0. The fourth-order valence-corrected chi connectivity index (χ4v) is 0. The van der Waals surface area contributed by atoms with Gasteiger partial charge in [-0.1, -0.05) is 0 Å². The van der Waals surface area contributed by atoms with Gasteiger partial charge in [-0.05, 0) is 0 Å². The van der Waals surface area contributed by atoms with E-state index in [2.05, 4.69) is 0 Å². The van der Waals surface area contributed by atoms with E-state index in [1.165, 1.54) is 0 Å². The molecule has 0 saturated carbocycles. The molecule has 1 N–H and O–H groups in total. The second-order valence-electron chi connectivity index (χ2n) is 0.691. The summed E-state index contributed by atoms with van der Waals surface area (Å²) in [5, 5.41) is 0. The maximum Gasteiger partial charge on any atom is 0.294 e. The third-order valence-corrected chi connectivity index (χ3v) is 0.414. The molecule has 0 amide bonds. The fraction of sp³-hybridized carbons (Fsp3) is 1.00. The molecule has 0 spiro atoms. The molecular weight excluding hydrogens is 263 g/mol. The summed E-state index contributed by atoms with van der Waals surface area (Å²) in [6.45, 7) is 0. The summed E-state index contributed by atoms with van der Waals surface area (Å²) in [4.78, 5) is 0. The van der Waals surface area contributed by atoms with Gasteiger partial charge >= 0.3 is 0 Å². The maximum absolute atomic E-state index is 10.7. The van der Waals surface area contributed by atoms with Crippen LogP contribution in [0.3, 0.4) is 0 Å². The molecule has 3 nitrogen and oxygen atoms in total. The Morgan fingerprint density at radius 1 is 1.57 bits per heavy atom. The smallest absolute Gasteiger partial charge is 0.284 e. The first kappa shape index (κ1) is 11.3. The monoisotopic (exact) mass is 267 g/mol. The van der Waals surface area contributed by atoms with Crippen LogP contribution in [0.5, 0.6) is 0 Å². The predicted molar refractivity (Wildman–Crippen MR) is 17.5 cm³/mol. The van der Waals surface area contributed by atoms with Crippen molar-refractivity contribution in [3.05, 3.63) is 0 Å². The molecule has 0 aromatic carbocycles. The van der Waals surface area contributed by atoms with Crippen molar-refractivity contribution in [2.24, 2.45) is 0 Å². The molecule has 7 heavy (non-hydrogen) atoms. The van der Waals surface area contributed by atoms with E-state index in [-0.39, 0.29) is 49.4 Å². The van der Waals surface area contributed by atoms with Gasteiger partial charge in [-0.15, -0.1) is 0 Å². The Morgan fingerprint density at radius 3 is 1.71 bits per heavy atom. The first-order chi connectivity index (χ1) is 2.56. The molecule has 0 aromatic rings. The van der Waals surface area contributed by atoms with E-state index in [4.69, 9.17) is 4.55 Å². The van der Waals surface area contributed by atoms with Gasteiger partial charge in [0, 0.05) is 49.4 Å². The Hall–Kier alpha value is 1.42. The van der Waals surface area contributed by atoms with Crippen molar-refractivity contribution in [2.75, 3.05) is 6.01 Å². The average Bonchev–Trinajstić information content (AvgIpc) is 1.35. The van der Waals surface area contributed by atoms with Gasteiger partial charge in [0.25, 0.3) is 10.1 Å². The van der Waals surface area contributed by atoms with Crippen LogP contribution in [0.4, 0.5) is 4.39 Å². The number of halogens is 1. The molecule has 0 aliphatic rings. The van der Waals surface area contributed by atoms with Crippen LogP contribution in [0.1, 0.15) is 0 Å². The molecule has 6 heteroatoms. The molecule has 0 aliphatic carbocycles. The Bertz CT molecular complexity index is 117. The van der Waals surface area contributed by atoms with Crippen LogP contribution < -0.4 is 0 Å². The Labute approximate surface area is 81.6 Å². The predicted octanol–water partition coefficient (Wildman–Crippen LogP) is -0.199. The minimum Gasteiger partial charge on any atom is -0.284 e. The molecule has 0 unspecified atom stereocenters. The molecule has 0 heterocycles. The molecule has 45 valence electrons. The molecular formula is CH3EuFO3S. The SMILES string of the molecule is O=S(=O)(O)CF.[Eu]. The van der Waals surface area contributed by atoms with E-state index >= 15 is 0 Å². The summed E-state index contributed by atoms with van der Waals surface area (Å²) in [6.07, 6.45) is 0. The van der Waals surface area contributed by atoms with Crippen LogP contribution in [0.15, 0.2) is 0 Å². The normalized spacial score (nSPS) is 10.0. The zero-order valence-corrected chi connectivity index (χ0v) is 6.38. The second kappa shape index (κ2) is 4.32. The summed E-state index contributed by atoms with van der Waals surface area (Å²) < 4.78 is 36.4. The number of rotatable bonds is 1. The molecule has 0 rings (SSSR count). The summed E-state index contributed by atoms with van der Waals surface area (Å²) >= 11 is 0. The van der Waals surface area contributed by atoms with Crippen LogP contribution in [0, 0.1) is 49.4 Å². The minimum atomic E-state index is -4.33. The summed E-state index contributed by atoms with van der Waals surface area (Å²) in [6, 6.07) is -1.70. The molecule has 0 aliphatic heterocycles. The zero-order valence-electron chi connectivity index (χ0n) is 3.13. The van der Waals surface area contributed by atoms with E-state index in [1.807, 2.05) is 0 Å². The number of hydrogen-bond acceptors (Lipinski definition) is 2. The third kappa shape index (κ3) is 11.2. The van der Waals surface area contributed by atoms with Gasteiger partial charge in [-0.25, -0.2) is 4.39 Å². The second-order valence-corrected chi connectivity index (χ2v) is 2.07. The van der Waals surface area contributed by atoms with Crippen LogP contribution in [0.25, 0.3) is 0 Å². The van der Waals surface area contributed by atoms with Gasteiger partial charge in [0.15, 0.2) is 0 Å². The van der Waals surface area contributed by atoms with E-state index in [9.17, 15) is 12.8 Å². The first-order valence-electron chi connectivity index (χ1n) is 1.07. The average molecular weight is 266 g/mol. The van der Waals surface area contributed by atoms with Crippen LogP contribution >= 0.6 is 0 Å². The molecule has 0 fully saturated rings. The number of alkyl halides is 1. The summed E-state index contributed by atoms with van der Waals surface area (Å²) in [7, 11) is -4.33. The largest absolute Gasteiger partial charge is 0.294 e. The Morgan fingerprint density at radius 2 is 1.71 bits per heavy atom. The minimum absolute atomic E-state index is 0. The fourth-order valence-electron chi connectivity index (χ4n) is 0. The zero-order chi connectivity index (χ0) is 5.21. The first-order valence-corrected chi connectivity index (χ1v) is 2.68. The van der Waals surface area contributed by atoms with Gasteiger partial charge in [-0.3, -0.25) is 4.55 Å². The van der Waals surface area contributed by atoms with Gasteiger partial charge in [0.2, 0.25) is 6.01 Å². The topological polar surface area (TPSA) is 54.4 Å². The quantitative estimate of drug-likeness (QED) is 0.669. The van der Waals surface area contributed by atoms with Crippen molar-refractivity contribution in [1.29, 1.82) is 0 Å². The maximum atomic E-state index is 10.7. The standard InChI is InChI=1S/CH3FO3S.Eu/c2-1-6(3,4)5;/h1H2,(H,3,4,5);. The van der Waals surface area contributed by atoms with Crippen molar-refractivity contribution in [1.82, 2.24) is 0 Å². The van der Waals surface area contributed by atoms with Crippen molar-refractivity contribution in [3.8, 4) is 0 Å². The van der Waals surface area contributed by atoms with Crippen LogP contribution in [0.2, 0.25) is 0 Å². The van der Waals surface area contributed by atoms with Gasteiger partial charge in [0.05, 0.1) is 0 Å². The van der Waals surface area contributed by atoms with E-state index in [1.54, 1.807) is 0 Å². The van der Waals surface area contributed by atoms with Crippen molar-refractivity contribution in [3.63, 3.8) is 0 Å². The molecule has 0 saturated heterocycles. The Kier molecular flexibility index (Phi) is 6.94. The van der Waals surface area contributed by atoms with Crippen LogP contribution in [-0.4, -0.2) is 19.0 Å². The molecule has 0 bridgehead atoms. The van der Waals surface area contributed by atoms with Crippen molar-refractivity contribution < 1.29 is 66.7 Å². The number of hydrogen-bond donors (Lipinski definition) is 1. The molecule has 1 radical (unpaired) electrons. The van der Waals surface area contributed by atoms with Crippen molar-refractivity contribution >= 4 is 10.1 Å². The Balaban J connectivity index is 0. The van der Waals surface area contributed by atoms with Gasteiger partial charge < -0.3 is 0 Å². The van der Waals surface area contributed by atoms with Crippen LogP contribution in [-0.2, 0) is 10.1 Å². The van der Waals surface area contributed by atoms with E-state index < -0.39 is 16.1 Å². The molecule has 0 aromatic heterocycles. The summed E-state index contributed by atoms with van der Waals surface area (Å²) in [5.74, 6) is 0. The van der Waals surface area contributed by atoms with Gasteiger partial charge in [-0.2, -0.15) is 8.42 Å². The van der Waals surface area contributed by atoms with Crippen molar-refractivity contribution in [2.45, 2.75) is 0 Å². The van der Waals surface area contributed by atoms with Gasteiger partial charge in [0.1, 0.15) is 0 Å². The third-order valence-electron chi connectivity index (χ3n) is 0.138. The molecule has 0 atom stereocenters.